The summed E-state index contributed by atoms with van der Waals surface area (Å²) >= 11 is 0. The molecule has 0 radical (unpaired) electrons. The van der Waals surface area contributed by atoms with Crippen molar-refractivity contribution in [2.45, 2.75) is 26.7 Å². The highest BCUT2D eigenvalue weighted by molar-refractivity contribution is 5.95. The molecule has 0 aromatic heterocycles. The highest BCUT2D eigenvalue weighted by Gasteiger charge is 2.05. The molecule has 2 N–H and O–H groups in total. The summed E-state index contributed by atoms with van der Waals surface area (Å²) in [5.41, 5.74) is 4.99. The molecule has 0 atom stereocenters. The fourth-order valence-corrected chi connectivity index (χ4v) is 1.25. The van der Waals surface area contributed by atoms with Crippen LogP contribution in [0, 0.1) is 0 Å². The van der Waals surface area contributed by atoms with Crippen LogP contribution in [0.15, 0.2) is 24.3 Å². The third kappa shape index (κ3) is 4.86. The van der Waals surface area contributed by atoms with E-state index in [1.807, 2.05) is 0 Å². The Hall–Kier alpha value is -2.04. The number of amides is 2. The lowest BCUT2D eigenvalue weighted by Crippen LogP contribution is -2.40. The molecule has 5 nitrogen and oxygen atoms in total. The number of benzene rings is 1. The summed E-state index contributed by atoms with van der Waals surface area (Å²) in [6.45, 7) is 4.09. The summed E-state index contributed by atoms with van der Waals surface area (Å²) in [7, 11) is 0. The first-order valence-corrected chi connectivity index (χ1v) is 5.93. The summed E-state index contributed by atoms with van der Waals surface area (Å²) in [6.07, 6.45) is 2.09. The molecule has 0 saturated carbocycles. The Kier molecular flexibility index (Phi) is 5.70. The van der Waals surface area contributed by atoms with Crippen molar-refractivity contribution in [3.05, 3.63) is 29.8 Å². The quantitative estimate of drug-likeness (QED) is 0.616. The molecule has 0 bridgehead atoms. The van der Waals surface area contributed by atoms with E-state index in [-0.39, 0.29) is 11.8 Å². The van der Waals surface area contributed by atoms with E-state index in [1.54, 1.807) is 24.3 Å². The van der Waals surface area contributed by atoms with Gasteiger partial charge >= 0.3 is 0 Å². The molecule has 2 amide bonds. The van der Waals surface area contributed by atoms with Crippen molar-refractivity contribution in [1.82, 2.24) is 10.9 Å². The van der Waals surface area contributed by atoms with Gasteiger partial charge in [0.1, 0.15) is 5.75 Å². The number of hydrazine groups is 1. The van der Waals surface area contributed by atoms with Crippen LogP contribution in [0.25, 0.3) is 0 Å². The molecule has 1 aromatic rings. The molecule has 1 rings (SSSR count). The number of unbranched alkanes of at least 4 members (excludes halogenated alkanes) is 1. The van der Waals surface area contributed by atoms with Gasteiger partial charge in [0.2, 0.25) is 5.91 Å². The van der Waals surface area contributed by atoms with Gasteiger partial charge in [0, 0.05) is 12.5 Å². The van der Waals surface area contributed by atoms with Gasteiger partial charge in [-0.2, -0.15) is 0 Å². The molecule has 1 aromatic carbocycles. The minimum Gasteiger partial charge on any atom is -0.494 e. The maximum Gasteiger partial charge on any atom is 0.269 e. The zero-order valence-corrected chi connectivity index (χ0v) is 10.7. The van der Waals surface area contributed by atoms with Gasteiger partial charge in [-0.25, -0.2) is 0 Å². The zero-order valence-electron chi connectivity index (χ0n) is 10.7. The average molecular weight is 250 g/mol. The van der Waals surface area contributed by atoms with Crippen molar-refractivity contribution in [2.75, 3.05) is 6.61 Å². The average Bonchev–Trinajstić information content (AvgIpc) is 2.37. The van der Waals surface area contributed by atoms with Crippen molar-refractivity contribution in [1.29, 1.82) is 0 Å². The van der Waals surface area contributed by atoms with Crippen molar-refractivity contribution in [3.8, 4) is 5.75 Å². The topological polar surface area (TPSA) is 67.4 Å². The van der Waals surface area contributed by atoms with Crippen LogP contribution >= 0.6 is 0 Å². The van der Waals surface area contributed by atoms with Crippen LogP contribution in [0.3, 0.4) is 0 Å². The lowest BCUT2D eigenvalue weighted by atomic mass is 10.2. The Labute approximate surface area is 106 Å². The van der Waals surface area contributed by atoms with E-state index >= 15 is 0 Å². The van der Waals surface area contributed by atoms with Crippen LogP contribution in [-0.4, -0.2) is 18.4 Å². The highest BCUT2D eigenvalue weighted by Crippen LogP contribution is 2.12. The standard InChI is InChI=1S/C13H18N2O3/c1-3-4-9-18-12-7-5-11(6-8-12)13(17)15-14-10(2)16/h5-8H,3-4,9H2,1-2H3,(H,14,16)(H,15,17). The second-order valence-electron chi connectivity index (χ2n) is 3.86. The number of hydrogen-bond donors (Lipinski definition) is 2. The maximum atomic E-state index is 11.6. The SMILES string of the molecule is CCCCOc1ccc(C(=O)NNC(C)=O)cc1. The third-order valence-electron chi connectivity index (χ3n) is 2.24. The Morgan fingerprint density at radius 1 is 1.17 bits per heavy atom. The lowest BCUT2D eigenvalue weighted by Gasteiger charge is -2.07. The van der Waals surface area contributed by atoms with E-state index in [0.29, 0.717) is 12.2 Å². The molecule has 0 fully saturated rings. The van der Waals surface area contributed by atoms with Gasteiger partial charge in [-0.05, 0) is 30.7 Å². The second kappa shape index (κ2) is 7.32. The number of carbonyl (C=O) groups excluding carboxylic acids is 2. The smallest absolute Gasteiger partial charge is 0.269 e. The van der Waals surface area contributed by atoms with Crippen molar-refractivity contribution < 1.29 is 14.3 Å². The predicted molar refractivity (Wildman–Crippen MR) is 68.1 cm³/mol. The largest absolute Gasteiger partial charge is 0.494 e. The van der Waals surface area contributed by atoms with Gasteiger partial charge in [-0.15, -0.1) is 0 Å². The molecule has 0 spiro atoms. The van der Waals surface area contributed by atoms with Gasteiger partial charge in [-0.1, -0.05) is 13.3 Å². The minimum atomic E-state index is -0.356. The first kappa shape index (κ1) is 14.0. The van der Waals surface area contributed by atoms with Gasteiger partial charge < -0.3 is 4.74 Å². The van der Waals surface area contributed by atoms with Gasteiger partial charge in [0.15, 0.2) is 0 Å². The summed E-state index contributed by atoms with van der Waals surface area (Å²) in [5.74, 6) is 0.0627. The first-order chi connectivity index (χ1) is 8.63. The van der Waals surface area contributed by atoms with Crippen LogP contribution in [0.5, 0.6) is 5.75 Å². The third-order valence-corrected chi connectivity index (χ3v) is 2.24. The van der Waals surface area contributed by atoms with Crippen molar-refractivity contribution in [2.24, 2.45) is 0 Å². The first-order valence-electron chi connectivity index (χ1n) is 5.93. The molecule has 18 heavy (non-hydrogen) atoms. The monoisotopic (exact) mass is 250 g/mol. The molecule has 0 heterocycles. The lowest BCUT2D eigenvalue weighted by molar-refractivity contribution is -0.119. The molecule has 0 aliphatic carbocycles. The molecular weight excluding hydrogens is 232 g/mol. The molecule has 5 heteroatoms. The maximum absolute atomic E-state index is 11.6. The summed E-state index contributed by atoms with van der Waals surface area (Å²) in [5, 5.41) is 0. The molecule has 98 valence electrons. The van der Waals surface area contributed by atoms with Gasteiger partial charge in [-0.3, -0.25) is 20.4 Å². The Morgan fingerprint density at radius 2 is 1.83 bits per heavy atom. The van der Waals surface area contributed by atoms with Crippen LogP contribution < -0.4 is 15.6 Å². The number of carbonyl (C=O) groups is 2. The van der Waals surface area contributed by atoms with Gasteiger partial charge in [0.05, 0.1) is 6.61 Å². The van der Waals surface area contributed by atoms with E-state index in [4.69, 9.17) is 4.74 Å². The van der Waals surface area contributed by atoms with Gasteiger partial charge in [0.25, 0.3) is 5.91 Å². The fraction of sp³-hybridized carbons (Fsp3) is 0.385. The van der Waals surface area contributed by atoms with E-state index < -0.39 is 0 Å². The molecular formula is C13H18N2O3. The van der Waals surface area contributed by atoms with E-state index in [1.165, 1.54) is 6.92 Å². The van der Waals surface area contributed by atoms with Crippen LogP contribution in [0.2, 0.25) is 0 Å². The Bertz CT molecular complexity index is 401. The fourth-order valence-electron chi connectivity index (χ4n) is 1.25. The predicted octanol–water partition coefficient (Wildman–Crippen LogP) is 1.65. The number of hydrogen-bond acceptors (Lipinski definition) is 3. The second-order valence-corrected chi connectivity index (χ2v) is 3.86. The van der Waals surface area contributed by atoms with E-state index in [2.05, 4.69) is 17.8 Å². The van der Waals surface area contributed by atoms with E-state index in [0.717, 1.165) is 18.6 Å². The summed E-state index contributed by atoms with van der Waals surface area (Å²) in [6, 6.07) is 6.77. The van der Waals surface area contributed by atoms with Crippen LogP contribution in [0.4, 0.5) is 0 Å². The zero-order chi connectivity index (χ0) is 13.4. The highest BCUT2D eigenvalue weighted by atomic mass is 16.5. The Balaban J connectivity index is 2.48. The number of nitrogens with one attached hydrogen (secondary N) is 2. The minimum absolute atomic E-state index is 0.317. The molecule has 0 aliphatic heterocycles. The molecule has 0 aliphatic rings. The summed E-state index contributed by atoms with van der Waals surface area (Å²) < 4.78 is 5.48. The number of rotatable bonds is 5. The van der Waals surface area contributed by atoms with Crippen LogP contribution in [0.1, 0.15) is 37.0 Å². The number of ether oxygens (including phenoxy) is 1. The van der Waals surface area contributed by atoms with Crippen molar-refractivity contribution in [3.63, 3.8) is 0 Å². The molecule has 0 unspecified atom stereocenters. The summed E-state index contributed by atoms with van der Waals surface area (Å²) in [4.78, 5) is 22.2. The normalized spacial score (nSPS) is 9.67. The van der Waals surface area contributed by atoms with Crippen molar-refractivity contribution >= 4 is 11.8 Å². The van der Waals surface area contributed by atoms with E-state index in [9.17, 15) is 9.59 Å². The Morgan fingerprint density at radius 3 is 2.39 bits per heavy atom. The molecule has 0 saturated heterocycles. The van der Waals surface area contributed by atoms with Crippen LogP contribution in [-0.2, 0) is 4.79 Å².